The minimum atomic E-state index is -4.51. The van der Waals surface area contributed by atoms with Crippen LogP contribution in [-0.2, 0) is 21.4 Å². The summed E-state index contributed by atoms with van der Waals surface area (Å²) in [4.78, 5) is 13.4. The van der Waals surface area contributed by atoms with E-state index in [0.29, 0.717) is 19.5 Å². The summed E-state index contributed by atoms with van der Waals surface area (Å²) in [6.45, 7) is 0.841. The van der Waals surface area contributed by atoms with Crippen molar-refractivity contribution in [2.75, 3.05) is 18.8 Å². The van der Waals surface area contributed by atoms with Gasteiger partial charge in [0.1, 0.15) is 0 Å². The van der Waals surface area contributed by atoms with Crippen LogP contribution >= 0.6 is 15.9 Å². The molecule has 20 heavy (non-hydrogen) atoms. The quantitative estimate of drug-likeness (QED) is 0.753. The van der Waals surface area contributed by atoms with E-state index in [2.05, 4.69) is 15.9 Å². The van der Waals surface area contributed by atoms with Crippen LogP contribution in [0.1, 0.15) is 12.0 Å². The Kier molecular flexibility index (Phi) is 4.80. The fraction of sp³-hybridized carbons (Fsp3) is 0.462. The molecule has 0 saturated carbocycles. The number of hydrogen-bond acceptors (Lipinski definition) is 3. The normalized spacial score (nSPS) is 19.6. The zero-order valence-corrected chi connectivity index (χ0v) is 13.2. The third-order valence-corrected chi connectivity index (χ3v) is 4.65. The molecule has 0 N–H and O–H groups in total. The second kappa shape index (κ2) is 6.22. The number of carbonyl (C=O) groups is 1. The molecule has 1 unspecified atom stereocenters. The largest absolute Gasteiger partial charge is 0.342 e. The van der Waals surface area contributed by atoms with Crippen molar-refractivity contribution in [2.24, 2.45) is 5.92 Å². The van der Waals surface area contributed by atoms with Crippen molar-refractivity contribution in [3.05, 3.63) is 34.3 Å². The number of hydrogen-bond donors (Lipinski definition) is 0. The molecule has 0 radical (unpaired) electrons. The van der Waals surface area contributed by atoms with Gasteiger partial charge in [0.2, 0.25) is 5.91 Å². The first-order valence-corrected chi connectivity index (χ1v) is 8.62. The second-order valence-electron chi connectivity index (χ2n) is 5.00. The van der Waals surface area contributed by atoms with Gasteiger partial charge in [-0.2, -0.15) is 8.42 Å². The lowest BCUT2D eigenvalue weighted by molar-refractivity contribution is -0.127. The third-order valence-electron chi connectivity index (χ3n) is 3.29. The fourth-order valence-corrected chi connectivity index (χ4v) is 3.65. The molecule has 1 amide bonds. The minimum absolute atomic E-state index is 0.103. The van der Waals surface area contributed by atoms with Gasteiger partial charge in [0.25, 0.3) is 0 Å². The first-order valence-electron chi connectivity index (χ1n) is 6.28. The van der Waals surface area contributed by atoms with Crippen molar-refractivity contribution in [1.82, 2.24) is 4.90 Å². The maximum atomic E-state index is 12.6. The fourth-order valence-electron chi connectivity index (χ4n) is 2.42. The number of likely N-dealkylation sites (tertiary alicyclic amines) is 1. The molecule has 1 atom stereocenters. The van der Waals surface area contributed by atoms with Crippen LogP contribution in [0.4, 0.5) is 3.89 Å². The van der Waals surface area contributed by atoms with E-state index in [0.717, 1.165) is 10.0 Å². The lowest BCUT2D eigenvalue weighted by Gasteiger charge is -2.16. The molecule has 1 aromatic rings. The maximum Gasteiger partial charge on any atom is 0.302 e. The van der Waals surface area contributed by atoms with Crippen molar-refractivity contribution < 1.29 is 17.1 Å². The van der Waals surface area contributed by atoms with Crippen molar-refractivity contribution in [3.63, 3.8) is 0 Å². The molecule has 0 spiro atoms. The van der Waals surface area contributed by atoms with Gasteiger partial charge in [0.05, 0.1) is 5.75 Å². The standard InChI is InChI=1S/C13H15BrFNO3S/c14-12-3-1-2-10(6-12)4-5-16-8-11(7-13(16)17)9-20(15,18)19/h1-3,6,11H,4-5,7-9H2. The number of carbonyl (C=O) groups excluding carboxylic acids is 1. The summed E-state index contributed by atoms with van der Waals surface area (Å²) in [6.07, 6.45) is 0.807. The molecule has 1 heterocycles. The van der Waals surface area contributed by atoms with Crippen LogP contribution in [-0.4, -0.2) is 38.1 Å². The molecule has 1 fully saturated rings. The van der Waals surface area contributed by atoms with Gasteiger partial charge in [-0.3, -0.25) is 4.79 Å². The Morgan fingerprint density at radius 3 is 2.80 bits per heavy atom. The van der Waals surface area contributed by atoms with E-state index < -0.39 is 21.9 Å². The zero-order valence-electron chi connectivity index (χ0n) is 10.8. The summed E-state index contributed by atoms with van der Waals surface area (Å²) in [5, 5.41) is 0. The molecule has 0 bridgehead atoms. The van der Waals surface area contributed by atoms with Gasteiger partial charge in [-0.25, -0.2) is 0 Å². The topological polar surface area (TPSA) is 54.5 Å². The molecule has 7 heteroatoms. The average Bonchev–Trinajstić information content (AvgIpc) is 2.64. The summed E-state index contributed by atoms with van der Waals surface area (Å²) in [6, 6.07) is 7.79. The van der Waals surface area contributed by atoms with Gasteiger partial charge in [-0.15, -0.1) is 3.89 Å². The van der Waals surface area contributed by atoms with E-state index in [-0.39, 0.29) is 12.3 Å². The Morgan fingerprint density at radius 1 is 1.40 bits per heavy atom. The van der Waals surface area contributed by atoms with Gasteiger partial charge in [-0.1, -0.05) is 28.1 Å². The summed E-state index contributed by atoms with van der Waals surface area (Å²) in [5.74, 6) is -1.10. The summed E-state index contributed by atoms with van der Waals surface area (Å²) < 4.78 is 34.8. The number of benzene rings is 1. The summed E-state index contributed by atoms with van der Waals surface area (Å²) in [7, 11) is -4.51. The van der Waals surface area contributed by atoms with E-state index in [4.69, 9.17) is 0 Å². The summed E-state index contributed by atoms with van der Waals surface area (Å²) >= 11 is 3.38. The molecule has 4 nitrogen and oxygen atoms in total. The van der Waals surface area contributed by atoms with Crippen LogP contribution in [0, 0.1) is 5.92 Å². The van der Waals surface area contributed by atoms with Crippen molar-refractivity contribution in [1.29, 1.82) is 0 Å². The van der Waals surface area contributed by atoms with E-state index in [9.17, 15) is 17.1 Å². The SMILES string of the molecule is O=C1CC(CS(=O)(=O)F)CN1CCc1cccc(Br)c1. The molecule has 0 aliphatic carbocycles. The highest BCUT2D eigenvalue weighted by molar-refractivity contribution is 9.10. The van der Waals surface area contributed by atoms with E-state index in [1.807, 2.05) is 24.3 Å². The highest BCUT2D eigenvalue weighted by Crippen LogP contribution is 2.21. The highest BCUT2D eigenvalue weighted by Gasteiger charge is 2.32. The smallest absolute Gasteiger partial charge is 0.302 e. The van der Waals surface area contributed by atoms with Crippen LogP contribution in [0.25, 0.3) is 0 Å². The van der Waals surface area contributed by atoms with Crippen molar-refractivity contribution >= 4 is 32.1 Å². The maximum absolute atomic E-state index is 12.6. The van der Waals surface area contributed by atoms with Gasteiger partial charge in [0.15, 0.2) is 0 Å². The predicted molar refractivity (Wildman–Crippen MR) is 77.4 cm³/mol. The molecule has 110 valence electrons. The molecule has 1 aromatic carbocycles. The number of nitrogens with zero attached hydrogens (tertiary/aromatic N) is 1. The van der Waals surface area contributed by atoms with Crippen molar-refractivity contribution in [3.8, 4) is 0 Å². The van der Waals surface area contributed by atoms with Crippen LogP contribution in [0.5, 0.6) is 0 Å². The van der Waals surface area contributed by atoms with Gasteiger partial charge in [0, 0.05) is 29.9 Å². The average molecular weight is 364 g/mol. The Morgan fingerprint density at radius 2 is 2.15 bits per heavy atom. The summed E-state index contributed by atoms with van der Waals surface area (Å²) in [5.41, 5.74) is 1.09. The number of amides is 1. The first kappa shape index (κ1) is 15.4. The Bertz CT molecular complexity index is 605. The Labute approximate surface area is 126 Å². The van der Waals surface area contributed by atoms with Crippen LogP contribution in [0.3, 0.4) is 0 Å². The predicted octanol–water partition coefficient (Wildman–Crippen LogP) is 2.14. The van der Waals surface area contributed by atoms with Crippen LogP contribution in [0.15, 0.2) is 28.7 Å². The number of rotatable bonds is 5. The van der Waals surface area contributed by atoms with E-state index in [1.165, 1.54) is 0 Å². The zero-order chi connectivity index (χ0) is 14.8. The molecule has 1 aliphatic rings. The second-order valence-corrected chi connectivity index (χ2v) is 7.32. The van der Waals surface area contributed by atoms with Crippen LogP contribution in [0.2, 0.25) is 0 Å². The monoisotopic (exact) mass is 363 g/mol. The molecule has 2 rings (SSSR count). The van der Waals surface area contributed by atoms with E-state index >= 15 is 0 Å². The first-order chi connectivity index (χ1) is 9.33. The molecule has 0 aromatic heterocycles. The molecular weight excluding hydrogens is 349 g/mol. The lowest BCUT2D eigenvalue weighted by atomic mass is 10.1. The van der Waals surface area contributed by atoms with Crippen molar-refractivity contribution in [2.45, 2.75) is 12.8 Å². The Balaban J connectivity index is 1.89. The molecule has 1 aliphatic heterocycles. The van der Waals surface area contributed by atoms with Crippen LogP contribution < -0.4 is 0 Å². The highest BCUT2D eigenvalue weighted by atomic mass is 79.9. The molecular formula is C13H15BrFNO3S. The third kappa shape index (κ3) is 4.56. The van der Waals surface area contributed by atoms with Gasteiger partial charge < -0.3 is 4.90 Å². The number of halogens is 2. The minimum Gasteiger partial charge on any atom is -0.342 e. The Hall–Kier alpha value is -0.950. The lowest BCUT2D eigenvalue weighted by Crippen LogP contribution is -2.28. The molecule has 1 saturated heterocycles. The van der Waals surface area contributed by atoms with Gasteiger partial charge in [-0.05, 0) is 24.1 Å². The van der Waals surface area contributed by atoms with Gasteiger partial charge >= 0.3 is 10.2 Å². The van der Waals surface area contributed by atoms with E-state index in [1.54, 1.807) is 4.90 Å².